The van der Waals surface area contributed by atoms with Crippen LogP contribution in [0.25, 0.3) is 5.76 Å². The van der Waals surface area contributed by atoms with E-state index in [1.807, 2.05) is 43.3 Å². The Hall–Kier alpha value is -2.89. The van der Waals surface area contributed by atoms with Gasteiger partial charge in [-0.2, -0.15) is 0 Å². The minimum atomic E-state index is -0.753. The largest absolute Gasteiger partial charge is 0.507 e. The number of rotatable bonds is 3. The summed E-state index contributed by atoms with van der Waals surface area (Å²) in [5.41, 5.74) is 2.81. The van der Waals surface area contributed by atoms with Gasteiger partial charge in [-0.05, 0) is 61.0 Å². The van der Waals surface area contributed by atoms with Gasteiger partial charge in [0.15, 0.2) is 0 Å². The lowest BCUT2D eigenvalue weighted by atomic mass is 9.95. The molecule has 3 aromatic rings. The van der Waals surface area contributed by atoms with E-state index in [-0.39, 0.29) is 11.3 Å². The van der Waals surface area contributed by atoms with Gasteiger partial charge in [0.2, 0.25) is 0 Å². The molecular formula is C24H17BrClNO3. The lowest BCUT2D eigenvalue weighted by molar-refractivity contribution is -0.132. The van der Waals surface area contributed by atoms with E-state index in [0.717, 1.165) is 10.0 Å². The first-order valence-corrected chi connectivity index (χ1v) is 10.4. The maximum absolute atomic E-state index is 13.0. The number of aryl methyl sites for hydroxylation is 1. The van der Waals surface area contributed by atoms with Crippen molar-refractivity contribution >= 4 is 50.7 Å². The SMILES string of the molecule is Cc1ccc(N2C(=O)C(=O)C(=C(O)c3ccc(Cl)cc3)[C@@H]2c2ccc(Br)cc2)cc1. The zero-order chi connectivity index (χ0) is 21.4. The average Bonchev–Trinajstić information content (AvgIpc) is 3.00. The second-order valence-electron chi connectivity index (χ2n) is 7.06. The third-order valence-corrected chi connectivity index (χ3v) is 5.84. The molecule has 0 aliphatic carbocycles. The van der Waals surface area contributed by atoms with E-state index in [4.69, 9.17) is 11.6 Å². The topological polar surface area (TPSA) is 57.6 Å². The van der Waals surface area contributed by atoms with E-state index < -0.39 is 17.7 Å². The van der Waals surface area contributed by atoms with Gasteiger partial charge in [0, 0.05) is 20.7 Å². The Morgan fingerprint density at radius 1 is 0.933 bits per heavy atom. The lowest BCUT2D eigenvalue weighted by Gasteiger charge is -2.25. The van der Waals surface area contributed by atoms with Gasteiger partial charge in [-0.15, -0.1) is 0 Å². The first-order chi connectivity index (χ1) is 14.4. The summed E-state index contributed by atoms with van der Waals surface area (Å²) in [6.07, 6.45) is 0. The highest BCUT2D eigenvalue weighted by Crippen LogP contribution is 2.42. The lowest BCUT2D eigenvalue weighted by Crippen LogP contribution is -2.29. The van der Waals surface area contributed by atoms with Crippen LogP contribution in [0.2, 0.25) is 5.02 Å². The molecule has 3 aromatic carbocycles. The minimum absolute atomic E-state index is 0.0465. The molecule has 6 heteroatoms. The molecule has 0 radical (unpaired) electrons. The number of Topliss-reactive ketones (excluding diaryl/α,β-unsaturated/α-hetero) is 1. The smallest absolute Gasteiger partial charge is 0.300 e. The van der Waals surface area contributed by atoms with Crippen LogP contribution in [0, 0.1) is 6.92 Å². The van der Waals surface area contributed by atoms with Crippen LogP contribution in [0.4, 0.5) is 5.69 Å². The van der Waals surface area contributed by atoms with Gasteiger partial charge in [0.05, 0.1) is 11.6 Å². The number of amides is 1. The molecule has 1 N–H and O–H groups in total. The molecule has 1 fully saturated rings. The Morgan fingerprint density at radius 2 is 1.53 bits per heavy atom. The second-order valence-corrected chi connectivity index (χ2v) is 8.42. The molecule has 1 atom stereocenters. The molecule has 4 rings (SSSR count). The fourth-order valence-electron chi connectivity index (χ4n) is 3.53. The number of benzene rings is 3. The number of carbonyl (C=O) groups excluding carboxylic acids is 2. The molecular weight excluding hydrogens is 466 g/mol. The molecule has 0 saturated carbocycles. The number of ketones is 1. The van der Waals surface area contributed by atoms with Gasteiger partial charge in [-0.3, -0.25) is 14.5 Å². The summed E-state index contributed by atoms with van der Waals surface area (Å²) in [4.78, 5) is 27.5. The highest BCUT2D eigenvalue weighted by molar-refractivity contribution is 9.10. The molecule has 4 nitrogen and oxygen atoms in total. The first kappa shape index (κ1) is 20.4. The number of hydrogen-bond donors (Lipinski definition) is 1. The van der Waals surface area contributed by atoms with E-state index in [1.54, 1.807) is 36.4 Å². The van der Waals surface area contributed by atoms with Gasteiger partial charge in [-0.1, -0.05) is 57.4 Å². The van der Waals surface area contributed by atoms with Crippen LogP contribution < -0.4 is 4.90 Å². The van der Waals surface area contributed by atoms with E-state index >= 15 is 0 Å². The molecule has 1 heterocycles. The Balaban J connectivity index is 1.93. The van der Waals surface area contributed by atoms with E-state index in [1.165, 1.54) is 4.90 Å². The van der Waals surface area contributed by atoms with E-state index in [9.17, 15) is 14.7 Å². The highest BCUT2D eigenvalue weighted by Gasteiger charge is 2.46. The second kappa shape index (κ2) is 8.09. The number of anilines is 1. The van der Waals surface area contributed by atoms with Crippen molar-refractivity contribution in [1.29, 1.82) is 0 Å². The molecule has 1 saturated heterocycles. The first-order valence-electron chi connectivity index (χ1n) is 9.26. The van der Waals surface area contributed by atoms with Crippen LogP contribution in [0.15, 0.2) is 82.8 Å². The van der Waals surface area contributed by atoms with Crippen molar-refractivity contribution in [2.24, 2.45) is 0 Å². The summed E-state index contributed by atoms with van der Waals surface area (Å²) >= 11 is 9.36. The van der Waals surface area contributed by atoms with Crippen molar-refractivity contribution in [3.8, 4) is 0 Å². The number of aliphatic hydroxyl groups excluding tert-OH is 1. The van der Waals surface area contributed by atoms with Gasteiger partial charge in [0.1, 0.15) is 5.76 Å². The maximum Gasteiger partial charge on any atom is 0.300 e. The number of halogens is 2. The summed E-state index contributed by atoms with van der Waals surface area (Å²) in [6, 6.07) is 20.4. The molecule has 30 heavy (non-hydrogen) atoms. The molecule has 0 spiro atoms. The summed E-state index contributed by atoms with van der Waals surface area (Å²) in [6.45, 7) is 1.95. The van der Waals surface area contributed by atoms with Crippen LogP contribution in [-0.4, -0.2) is 16.8 Å². The summed E-state index contributed by atoms with van der Waals surface area (Å²) in [7, 11) is 0. The Kier molecular flexibility index (Phi) is 5.50. The Bertz CT molecular complexity index is 1150. The van der Waals surface area contributed by atoms with E-state index in [2.05, 4.69) is 15.9 Å². The number of nitrogens with zero attached hydrogens (tertiary/aromatic N) is 1. The highest BCUT2D eigenvalue weighted by atomic mass is 79.9. The standard InChI is InChI=1S/C24H17BrClNO3/c1-14-2-12-19(13-3-14)27-21(15-4-8-17(25)9-5-15)20(23(29)24(27)30)22(28)16-6-10-18(26)11-7-16/h2-13,21,28H,1H3/t21-/m0/s1. The van der Waals surface area contributed by atoms with Gasteiger partial charge < -0.3 is 5.11 Å². The molecule has 0 aromatic heterocycles. The predicted octanol–water partition coefficient (Wildman–Crippen LogP) is 6.04. The molecule has 1 aliphatic rings. The van der Waals surface area contributed by atoms with Crippen molar-refractivity contribution in [2.45, 2.75) is 13.0 Å². The maximum atomic E-state index is 13.0. The van der Waals surface area contributed by atoms with Crippen LogP contribution in [0.3, 0.4) is 0 Å². The van der Waals surface area contributed by atoms with Gasteiger partial charge in [-0.25, -0.2) is 0 Å². The van der Waals surface area contributed by atoms with Crippen LogP contribution in [0.5, 0.6) is 0 Å². The van der Waals surface area contributed by atoms with Crippen LogP contribution in [0.1, 0.15) is 22.7 Å². The zero-order valence-electron chi connectivity index (χ0n) is 16.0. The summed E-state index contributed by atoms with van der Waals surface area (Å²) < 4.78 is 0.872. The molecule has 150 valence electrons. The van der Waals surface area contributed by atoms with Crippen LogP contribution in [-0.2, 0) is 9.59 Å². The van der Waals surface area contributed by atoms with Crippen molar-refractivity contribution in [2.75, 3.05) is 4.90 Å². The quantitative estimate of drug-likeness (QED) is 0.281. The van der Waals surface area contributed by atoms with Crippen LogP contribution >= 0.6 is 27.5 Å². The number of carbonyl (C=O) groups is 2. The fourth-order valence-corrected chi connectivity index (χ4v) is 3.92. The van der Waals surface area contributed by atoms with Crippen molar-refractivity contribution in [3.63, 3.8) is 0 Å². The fraction of sp³-hybridized carbons (Fsp3) is 0.0833. The summed E-state index contributed by atoms with van der Waals surface area (Å²) in [5, 5.41) is 11.5. The predicted molar refractivity (Wildman–Crippen MR) is 122 cm³/mol. The zero-order valence-corrected chi connectivity index (χ0v) is 18.3. The molecule has 1 aliphatic heterocycles. The molecule has 1 amide bonds. The van der Waals surface area contributed by atoms with Gasteiger partial charge >= 0.3 is 0 Å². The van der Waals surface area contributed by atoms with Crippen molar-refractivity contribution < 1.29 is 14.7 Å². The summed E-state index contributed by atoms with van der Waals surface area (Å²) in [5.74, 6) is -1.63. The molecule has 0 unspecified atom stereocenters. The Labute approximate surface area is 187 Å². The number of aliphatic hydroxyl groups is 1. The van der Waals surface area contributed by atoms with Gasteiger partial charge in [0.25, 0.3) is 11.7 Å². The Morgan fingerprint density at radius 3 is 2.13 bits per heavy atom. The van der Waals surface area contributed by atoms with Crippen molar-refractivity contribution in [3.05, 3.63) is 105 Å². The molecule has 0 bridgehead atoms. The third kappa shape index (κ3) is 3.66. The monoisotopic (exact) mass is 481 g/mol. The van der Waals surface area contributed by atoms with E-state index in [0.29, 0.717) is 21.8 Å². The number of hydrogen-bond acceptors (Lipinski definition) is 3. The minimum Gasteiger partial charge on any atom is -0.507 e. The van der Waals surface area contributed by atoms with Crippen molar-refractivity contribution in [1.82, 2.24) is 0 Å². The normalized spacial score (nSPS) is 18.1. The third-order valence-electron chi connectivity index (χ3n) is 5.06. The average molecular weight is 483 g/mol.